The minimum atomic E-state index is -3.50. The Bertz CT molecular complexity index is 1520. The van der Waals surface area contributed by atoms with Crippen LogP contribution in [0.25, 0.3) is 21.3 Å². The van der Waals surface area contributed by atoms with E-state index in [0.717, 1.165) is 25.2 Å². The highest BCUT2D eigenvalue weighted by molar-refractivity contribution is 7.90. The molecule has 1 aliphatic rings. The van der Waals surface area contributed by atoms with Gasteiger partial charge in [-0.2, -0.15) is 4.98 Å². The van der Waals surface area contributed by atoms with E-state index in [4.69, 9.17) is 9.26 Å². The monoisotopic (exact) mass is 531 g/mol. The Hall–Kier alpha value is -3.12. The number of hydrogen-bond acceptors (Lipinski definition) is 10. The summed E-state index contributed by atoms with van der Waals surface area (Å²) in [7, 11) is -3.50. The molecule has 1 saturated heterocycles. The minimum absolute atomic E-state index is 0.0549. The van der Waals surface area contributed by atoms with Gasteiger partial charge in [-0.05, 0) is 12.1 Å². The normalized spacial score (nSPS) is 15.5. The molecular formula is C24H26FN5O4S2. The van der Waals surface area contributed by atoms with Crippen LogP contribution in [0, 0.1) is 5.82 Å². The molecular weight excluding hydrogens is 505 g/mol. The number of hydrogen-bond donors (Lipinski definition) is 0. The van der Waals surface area contributed by atoms with E-state index < -0.39 is 15.7 Å². The van der Waals surface area contributed by atoms with Crippen molar-refractivity contribution in [3.63, 3.8) is 0 Å². The summed E-state index contributed by atoms with van der Waals surface area (Å²) in [5.41, 5.74) is 1.23. The average Bonchev–Trinajstić information content (AvgIpc) is 3.47. The van der Waals surface area contributed by atoms with Gasteiger partial charge >= 0.3 is 6.01 Å². The zero-order valence-electron chi connectivity index (χ0n) is 20.4. The molecule has 0 saturated carbocycles. The standard InChI is InChI=1S/C24H26FN5O4S2/c1-24(2,3)22-28-23(34-29-22)30-9-7-14(8-10-30)33-21-20-19(26-13-27-21)17(12-35-20)16-6-5-15(11-18(16)25)36(4,31)32/h5-6,11-14H,7-10H2,1-4H3. The Balaban J connectivity index is 1.32. The molecule has 190 valence electrons. The van der Waals surface area contributed by atoms with Gasteiger partial charge in [-0.3, -0.25) is 0 Å². The van der Waals surface area contributed by atoms with Gasteiger partial charge in [0.05, 0.1) is 10.4 Å². The molecule has 1 aliphatic heterocycles. The van der Waals surface area contributed by atoms with E-state index in [2.05, 4.69) is 25.0 Å². The predicted octanol–water partition coefficient (Wildman–Crippen LogP) is 4.63. The first-order chi connectivity index (χ1) is 17.0. The average molecular weight is 532 g/mol. The van der Waals surface area contributed by atoms with Gasteiger partial charge in [0.15, 0.2) is 15.7 Å². The first-order valence-corrected chi connectivity index (χ1v) is 14.3. The second-order valence-corrected chi connectivity index (χ2v) is 12.8. The maximum Gasteiger partial charge on any atom is 0.324 e. The van der Waals surface area contributed by atoms with Crippen LogP contribution in [-0.2, 0) is 15.3 Å². The summed E-state index contributed by atoms with van der Waals surface area (Å²) in [6.07, 6.45) is 3.89. The summed E-state index contributed by atoms with van der Waals surface area (Å²) < 4.78 is 50.8. The SMILES string of the molecule is CC(C)(C)c1noc(N2CCC(Oc3ncnc4c(-c5ccc(S(C)(=O)=O)cc5F)csc34)CC2)n1. The molecule has 0 radical (unpaired) electrons. The molecule has 0 unspecified atom stereocenters. The fourth-order valence-electron chi connectivity index (χ4n) is 4.02. The number of halogens is 1. The molecule has 12 heteroatoms. The number of piperidine rings is 1. The van der Waals surface area contributed by atoms with Crippen molar-refractivity contribution in [2.75, 3.05) is 24.2 Å². The van der Waals surface area contributed by atoms with E-state index in [1.54, 1.807) is 5.38 Å². The lowest BCUT2D eigenvalue weighted by atomic mass is 9.96. The van der Waals surface area contributed by atoms with Crippen LogP contribution < -0.4 is 9.64 Å². The maximum atomic E-state index is 14.8. The van der Waals surface area contributed by atoms with Crippen molar-refractivity contribution >= 4 is 37.4 Å². The van der Waals surface area contributed by atoms with Gasteiger partial charge in [-0.1, -0.05) is 32.0 Å². The number of aromatic nitrogens is 4. The first-order valence-electron chi connectivity index (χ1n) is 11.5. The highest BCUT2D eigenvalue weighted by Crippen LogP contribution is 2.38. The van der Waals surface area contributed by atoms with E-state index >= 15 is 0 Å². The third-order valence-corrected chi connectivity index (χ3v) is 8.12. The summed E-state index contributed by atoms with van der Waals surface area (Å²) in [5, 5.41) is 5.89. The summed E-state index contributed by atoms with van der Waals surface area (Å²) in [6, 6.07) is 4.43. The van der Waals surface area contributed by atoms with Gasteiger partial charge in [0.2, 0.25) is 5.88 Å². The molecule has 0 N–H and O–H groups in total. The zero-order valence-corrected chi connectivity index (χ0v) is 22.0. The molecule has 0 atom stereocenters. The molecule has 0 aliphatic carbocycles. The highest BCUT2D eigenvalue weighted by atomic mass is 32.2. The summed E-state index contributed by atoms with van der Waals surface area (Å²) in [6.45, 7) is 7.54. The third-order valence-electron chi connectivity index (χ3n) is 6.06. The summed E-state index contributed by atoms with van der Waals surface area (Å²) >= 11 is 1.37. The van der Waals surface area contributed by atoms with Crippen LogP contribution >= 0.6 is 11.3 Å². The van der Waals surface area contributed by atoms with Gasteiger partial charge in [0, 0.05) is 54.1 Å². The van der Waals surface area contributed by atoms with Crippen molar-refractivity contribution in [1.29, 1.82) is 0 Å². The smallest absolute Gasteiger partial charge is 0.324 e. The van der Waals surface area contributed by atoms with E-state index in [0.29, 0.717) is 46.6 Å². The maximum absolute atomic E-state index is 14.8. The largest absolute Gasteiger partial charge is 0.473 e. The third kappa shape index (κ3) is 4.79. The molecule has 1 aromatic carbocycles. The van der Waals surface area contributed by atoms with E-state index in [1.165, 1.54) is 29.8 Å². The Morgan fingerprint density at radius 3 is 2.56 bits per heavy atom. The Labute approximate surface area is 212 Å². The molecule has 1 fully saturated rings. The zero-order chi connectivity index (χ0) is 25.7. The van der Waals surface area contributed by atoms with Crippen molar-refractivity contribution in [2.45, 2.75) is 50.0 Å². The van der Waals surface area contributed by atoms with Gasteiger partial charge in [0.1, 0.15) is 22.9 Å². The Morgan fingerprint density at radius 2 is 1.92 bits per heavy atom. The van der Waals surface area contributed by atoms with Gasteiger partial charge in [-0.25, -0.2) is 22.8 Å². The number of ether oxygens (including phenoxy) is 1. The molecule has 9 nitrogen and oxygen atoms in total. The Morgan fingerprint density at radius 1 is 1.17 bits per heavy atom. The van der Waals surface area contributed by atoms with Gasteiger partial charge < -0.3 is 14.2 Å². The summed E-state index contributed by atoms with van der Waals surface area (Å²) in [5.74, 6) is 0.507. The fraction of sp³-hybridized carbons (Fsp3) is 0.417. The van der Waals surface area contributed by atoms with Crippen molar-refractivity contribution < 1.29 is 22.1 Å². The van der Waals surface area contributed by atoms with Crippen LogP contribution in [0.1, 0.15) is 39.4 Å². The van der Waals surface area contributed by atoms with E-state index in [-0.39, 0.29) is 22.0 Å². The molecule has 3 aromatic heterocycles. The predicted molar refractivity (Wildman–Crippen MR) is 135 cm³/mol. The number of sulfone groups is 1. The molecule has 0 amide bonds. The quantitative estimate of drug-likeness (QED) is 0.364. The minimum Gasteiger partial charge on any atom is -0.473 e. The second kappa shape index (κ2) is 9.07. The molecule has 4 heterocycles. The number of rotatable bonds is 5. The first kappa shape index (κ1) is 24.6. The fourth-order valence-corrected chi connectivity index (χ4v) is 5.60. The number of anilines is 1. The highest BCUT2D eigenvalue weighted by Gasteiger charge is 2.28. The topological polar surface area (TPSA) is 111 Å². The number of benzene rings is 1. The van der Waals surface area contributed by atoms with Crippen LogP contribution in [0.4, 0.5) is 10.4 Å². The van der Waals surface area contributed by atoms with Crippen LogP contribution in [0.15, 0.2) is 39.3 Å². The van der Waals surface area contributed by atoms with Crippen LogP contribution in [-0.4, -0.2) is 54.0 Å². The molecule has 5 rings (SSSR count). The number of nitrogens with zero attached hydrogens (tertiary/aromatic N) is 5. The lowest BCUT2D eigenvalue weighted by molar-refractivity contribution is 0.164. The van der Waals surface area contributed by atoms with E-state index in [1.807, 2.05) is 20.8 Å². The van der Waals surface area contributed by atoms with Crippen LogP contribution in [0.5, 0.6) is 5.88 Å². The lowest BCUT2D eigenvalue weighted by Crippen LogP contribution is -2.38. The van der Waals surface area contributed by atoms with Crippen molar-refractivity contribution in [3.05, 3.63) is 41.5 Å². The van der Waals surface area contributed by atoms with Crippen molar-refractivity contribution in [2.24, 2.45) is 0 Å². The molecule has 0 bridgehead atoms. The molecule has 4 aromatic rings. The number of thiophene rings is 1. The van der Waals surface area contributed by atoms with Crippen molar-refractivity contribution in [3.8, 4) is 17.0 Å². The Kier molecular flexibility index (Phi) is 6.19. The van der Waals surface area contributed by atoms with Gasteiger partial charge in [-0.15, -0.1) is 11.3 Å². The van der Waals surface area contributed by atoms with E-state index in [9.17, 15) is 12.8 Å². The molecule has 0 spiro atoms. The van der Waals surface area contributed by atoms with Crippen molar-refractivity contribution in [1.82, 2.24) is 20.1 Å². The number of fused-ring (bicyclic) bond motifs is 1. The van der Waals surface area contributed by atoms with Gasteiger partial charge in [0.25, 0.3) is 0 Å². The van der Waals surface area contributed by atoms with Crippen LogP contribution in [0.2, 0.25) is 0 Å². The van der Waals surface area contributed by atoms with Crippen LogP contribution in [0.3, 0.4) is 0 Å². The second-order valence-electron chi connectivity index (χ2n) is 9.87. The lowest BCUT2D eigenvalue weighted by Gasteiger charge is -2.30. The molecule has 36 heavy (non-hydrogen) atoms. The summed E-state index contributed by atoms with van der Waals surface area (Å²) in [4.78, 5) is 15.2.